The summed E-state index contributed by atoms with van der Waals surface area (Å²) >= 11 is 0. The van der Waals surface area contributed by atoms with Crippen molar-refractivity contribution >= 4 is 82.2 Å². The Labute approximate surface area is 486 Å². The molecule has 0 saturated heterocycles. The largest absolute Gasteiger partial charge is 0.514 e. The third-order valence-electron chi connectivity index (χ3n) is 12.1. The molecule has 31 nitrogen and oxygen atoms in total. The van der Waals surface area contributed by atoms with Gasteiger partial charge in [0, 0.05) is 62.4 Å². The van der Waals surface area contributed by atoms with E-state index in [4.69, 9.17) is 27.8 Å². The number of nitrogens with one attached hydrogen (secondary N) is 4. The predicted molar refractivity (Wildman–Crippen MR) is 294 cm³/mol. The maximum Gasteiger partial charge on any atom is 0.514 e. The Morgan fingerprint density at radius 1 is 0.512 bits per heavy atom. The number of non-ortho nitro benzene ring substituents is 1. The van der Waals surface area contributed by atoms with Crippen molar-refractivity contribution in [1.29, 1.82) is 0 Å². The Bertz CT molecular complexity index is 3370. The van der Waals surface area contributed by atoms with Crippen molar-refractivity contribution < 1.29 is 90.8 Å². The maximum absolute atomic E-state index is 12.8. The van der Waals surface area contributed by atoms with E-state index < -0.39 is 57.0 Å². The number of aliphatic hydroxyl groups is 1. The SMILES string of the molecule is O=C(CCCCCN1C(=O)C=CC1=O)NCC(=O)Nc1cc(CO)ccc1OCc1ccc([N+](=O)[O-])o1.O=C(CCCCCN1C(=O)C=CC1=O)NCC(=O)Nc1cc(COC(=O)Oc2ccc([N+](=O)[O-])cc2)ccc1OCc1ccc([N+](=O)[O-])o1. The van der Waals surface area contributed by atoms with Crippen molar-refractivity contribution in [1.82, 2.24) is 20.4 Å². The van der Waals surface area contributed by atoms with Gasteiger partial charge in [0.2, 0.25) is 23.6 Å². The van der Waals surface area contributed by atoms with Gasteiger partial charge >= 0.3 is 17.9 Å². The third-order valence-corrected chi connectivity index (χ3v) is 12.1. The molecule has 31 heteroatoms. The Morgan fingerprint density at radius 2 is 0.953 bits per heavy atom. The van der Waals surface area contributed by atoms with Crippen LogP contribution in [0.1, 0.15) is 74.0 Å². The molecule has 8 amide bonds. The summed E-state index contributed by atoms with van der Waals surface area (Å²) in [5.74, 6) is -3.47. The van der Waals surface area contributed by atoms with Crippen molar-refractivity contribution in [2.24, 2.45) is 0 Å². The molecule has 4 heterocycles. The number of amides is 8. The van der Waals surface area contributed by atoms with Gasteiger partial charge in [0.05, 0.1) is 48.1 Å². The lowest BCUT2D eigenvalue weighted by atomic mass is 10.2. The average molecular weight is 1190 g/mol. The summed E-state index contributed by atoms with van der Waals surface area (Å²) in [6.07, 6.45) is 7.34. The fourth-order valence-corrected chi connectivity index (χ4v) is 7.77. The minimum atomic E-state index is -1.10. The number of carbonyl (C=O) groups is 9. The summed E-state index contributed by atoms with van der Waals surface area (Å²) in [4.78, 5) is 141. The number of aliphatic hydroxyl groups excluding tert-OH is 1. The maximum atomic E-state index is 12.8. The highest BCUT2D eigenvalue weighted by atomic mass is 16.7. The van der Waals surface area contributed by atoms with Crippen molar-refractivity contribution in [3.05, 3.63) is 162 Å². The van der Waals surface area contributed by atoms with Gasteiger partial charge in [-0.15, -0.1) is 0 Å². The number of nitro benzene ring substituents is 1. The lowest BCUT2D eigenvalue weighted by molar-refractivity contribution is -0.402. The number of anilines is 2. The number of nitrogens with zero attached hydrogens (tertiary/aromatic N) is 5. The Morgan fingerprint density at radius 3 is 1.37 bits per heavy atom. The standard InChI is InChI=1S/C31H29N5O13.C24H26N4O9/c37-26(4-2-1-3-15-34-28(39)12-13-29(34)40)32-17-27(38)33-24-16-20(5-11-25(24)46-19-23-10-14-30(48-23)36(44)45)18-47-31(41)49-22-8-6-21(7-9-22)35(42)43;29-14-16-5-7-19(36-15-17-6-10-24(37-17)28(34)35)18(12-16)26-21(31)13-25-20(30)4-2-1-3-11-27-22(32)8-9-23(27)33/h5-14,16H,1-4,15,17-19H2,(H,32,37)(H,33,38);5-10,12,29H,1-4,11,13-15H2,(H,25,30)(H,26,31). The van der Waals surface area contributed by atoms with Crippen molar-refractivity contribution in [2.75, 3.05) is 36.8 Å². The molecule has 452 valence electrons. The second kappa shape index (κ2) is 31.9. The highest BCUT2D eigenvalue weighted by Crippen LogP contribution is 2.30. The van der Waals surface area contributed by atoms with Gasteiger partial charge in [-0.2, -0.15) is 0 Å². The van der Waals surface area contributed by atoms with E-state index in [1.165, 1.54) is 85.0 Å². The van der Waals surface area contributed by atoms with Crippen molar-refractivity contribution in [3.63, 3.8) is 0 Å². The van der Waals surface area contributed by atoms with Crippen molar-refractivity contribution in [2.45, 2.75) is 77.8 Å². The van der Waals surface area contributed by atoms with Gasteiger partial charge in [0.25, 0.3) is 29.3 Å². The molecule has 0 bridgehead atoms. The van der Waals surface area contributed by atoms with Crippen LogP contribution >= 0.6 is 0 Å². The second-order valence-corrected chi connectivity index (χ2v) is 18.4. The van der Waals surface area contributed by atoms with Crippen LogP contribution in [0.25, 0.3) is 0 Å². The number of rotatable bonds is 31. The minimum absolute atomic E-state index is 0.0140. The summed E-state index contributed by atoms with van der Waals surface area (Å²) in [7, 11) is 0. The van der Waals surface area contributed by atoms with Gasteiger partial charge in [0.1, 0.15) is 58.4 Å². The van der Waals surface area contributed by atoms with E-state index in [1.54, 1.807) is 6.07 Å². The number of carbonyl (C=O) groups excluding carboxylic acids is 9. The molecule has 2 aromatic heterocycles. The molecule has 0 spiro atoms. The fraction of sp³-hybridized carbons (Fsp3) is 0.291. The number of imide groups is 2. The number of hydrogen-bond donors (Lipinski definition) is 5. The average Bonchev–Trinajstić information content (AvgIpc) is 4.49. The zero-order valence-corrected chi connectivity index (χ0v) is 45.5. The van der Waals surface area contributed by atoms with Gasteiger partial charge in [-0.1, -0.05) is 25.0 Å². The van der Waals surface area contributed by atoms with Gasteiger partial charge in [-0.3, -0.25) is 78.5 Å². The second-order valence-electron chi connectivity index (χ2n) is 18.4. The smallest absolute Gasteiger partial charge is 0.483 e. The number of unbranched alkanes of at least 4 members (excludes halogenated alkanes) is 4. The first-order valence-electron chi connectivity index (χ1n) is 26.1. The molecular formula is C55H55N9O22. The molecule has 7 rings (SSSR count). The van der Waals surface area contributed by atoms with E-state index in [9.17, 15) is 78.6 Å². The zero-order chi connectivity index (χ0) is 62.1. The topological polar surface area (TPSA) is 421 Å². The van der Waals surface area contributed by atoms with Crippen LogP contribution in [0.3, 0.4) is 0 Å². The molecule has 3 aromatic carbocycles. The fourth-order valence-electron chi connectivity index (χ4n) is 7.77. The molecule has 5 aromatic rings. The molecular weight excluding hydrogens is 1140 g/mol. The van der Waals surface area contributed by atoms with Crippen LogP contribution in [0, 0.1) is 30.3 Å². The van der Waals surface area contributed by atoms with Crippen LogP contribution in [0.2, 0.25) is 0 Å². The van der Waals surface area contributed by atoms with E-state index in [0.717, 1.165) is 28.0 Å². The summed E-state index contributed by atoms with van der Waals surface area (Å²) in [6, 6.07) is 18.9. The van der Waals surface area contributed by atoms with E-state index in [2.05, 4.69) is 21.3 Å². The first-order chi connectivity index (χ1) is 41.2. The molecule has 0 aliphatic carbocycles. The van der Waals surface area contributed by atoms with Gasteiger partial charge in [-0.25, -0.2) is 4.79 Å². The van der Waals surface area contributed by atoms with Crippen LogP contribution in [-0.2, 0) is 69.5 Å². The molecule has 5 N–H and O–H groups in total. The zero-order valence-electron chi connectivity index (χ0n) is 45.5. The molecule has 0 atom stereocenters. The molecule has 2 aliphatic rings. The number of furan rings is 2. The minimum Gasteiger partial charge on any atom is -0.483 e. The van der Waals surface area contributed by atoms with Crippen molar-refractivity contribution in [3.8, 4) is 17.2 Å². The Balaban J connectivity index is 0.000000286. The quantitative estimate of drug-likeness (QED) is 0.00883. The molecule has 2 aliphatic heterocycles. The van der Waals surface area contributed by atoms with Gasteiger partial charge in [-0.05, 0) is 85.3 Å². The number of benzene rings is 3. The summed E-state index contributed by atoms with van der Waals surface area (Å²) in [6.45, 7) is -1.11. The van der Waals surface area contributed by atoms with Gasteiger partial charge < -0.3 is 54.2 Å². The molecule has 0 radical (unpaired) electrons. The first kappa shape index (κ1) is 64.1. The van der Waals surface area contributed by atoms with E-state index >= 15 is 0 Å². The molecule has 86 heavy (non-hydrogen) atoms. The predicted octanol–water partition coefficient (Wildman–Crippen LogP) is 5.73. The Hall–Kier alpha value is -11.1. The number of nitro groups is 3. The molecule has 0 unspecified atom stereocenters. The normalized spacial score (nSPS) is 12.3. The van der Waals surface area contributed by atoms with Crippen LogP contribution in [0.5, 0.6) is 17.2 Å². The summed E-state index contributed by atoms with van der Waals surface area (Å²) in [5.41, 5.74) is 1.06. The number of ether oxygens (including phenoxy) is 4. The Kier molecular flexibility index (Phi) is 23.8. The lowest BCUT2D eigenvalue weighted by Gasteiger charge is -2.14. The van der Waals surface area contributed by atoms with Crippen LogP contribution in [0.15, 0.2) is 118 Å². The highest BCUT2D eigenvalue weighted by molar-refractivity contribution is 6.13. The summed E-state index contributed by atoms with van der Waals surface area (Å²) in [5, 5.41) is 52.1. The monoisotopic (exact) mass is 1190 g/mol. The van der Waals surface area contributed by atoms with Crippen LogP contribution < -0.4 is 35.5 Å². The number of hydrogen-bond acceptors (Lipinski definition) is 22. The van der Waals surface area contributed by atoms with E-state index in [-0.39, 0.29) is 128 Å². The first-order valence-corrected chi connectivity index (χ1v) is 26.1. The van der Waals surface area contributed by atoms with E-state index in [0.29, 0.717) is 56.2 Å². The molecule has 0 fully saturated rings. The van der Waals surface area contributed by atoms with Gasteiger partial charge in [0.15, 0.2) is 0 Å². The molecule has 0 saturated carbocycles. The third kappa shape index (κ3) is 20.4. The van der Waals surface area contributed by atoms with Crippen LogP contribution in [-0.4, -0.2) is 109 Å². The highest BCUT2D eigenvalue weighted by Gasteiger charge is 2.24. The summed E-state index contributed by atoms with van der Waals surface area (Å²) < 4.78 is 31.6. The van der Waals surface area contributed by atoms with Crippen LogP contribution in [0.4, 0.5) is 33.6 Å². The van der Waals surface area contributed by atoms with E-state index in [1.807, 2.05) is 0 Å². The lowest BCUT2D eigenvalue weighted by Crippen LogP contribution is -2.33.